The van der Waals surface area contributed by atoms with Crippen LogP contribution in [0.5, 0.6) is 0 Å². The van der Waals surface area contributed by atoms with Gasteiger partial charge in [0.15, 0.2) is 0 Å². The van der Waals surface area contributed by atoms with Crippen LogP contribution in [0.25, 0.3) is 0 Å². The molecule has 0 saturated heterocycles. The van der Waals surface area contributed by atoms with E-state index >= 15 is 0 Å². The Labute approximate surface area is 148 Å². The van der Waals surface area contributed by atoms with E-state index < -0.39 is 6.04 Å². The van der Waals surface area contributed by atoms with Crippen LogP contribution in [0.3, 0.4) is 0 Å². The summed E-state index contributed by atoms with van der Waals surface area (Å²) in [6.07, 6.45) is 3.32. The molecule has 0 bridgehead atoms. The highest BCUT2D eigenvalue weighted by atomic mass is 16.2. The molecule has 1 aromatic heterocycles. The molecule has 2 N–H and O–H groups in total. The number of hydrogen-bond donors (Lipinski definition) is 2. The van der Waals surface area contributed by atoms with E-state index in [0.29, 0.717) is 18.8 Å². The van der Waals surface area contributed by atoms with Crippen molar-refractivity contribution >= 4 is 11.8 Å². The lowest BCUT2D eigenvalue weighted by atomic mass is 10.1. The highest BCUT2D eigenvalue weighted by molar-refractivity contribution is 5.88. The second-order valence-electron chi connectivity index (χ2n) is 5.88. The number of nitrogens with zero attached hydrogens (tertiary/aromatic N) is 2. The third kappa shape index (κ3) is 6.33. The molecule has 0 spiro atoms. The zero-order chi connectivity index (χ0) is 18.1. The van der Waals surface area contributed by atoms with Gasteiger partial charge in [-0.1, -0.05) is 43.7 Å². The molecular weight excluding hydrogens is 316 g/mol. The van der Waals surface area contributed by atoms with Gasteiger partial charge >= 0.3 is 0 Å². The molecule has 0 aliphatic rings. The van der Waals surface area contributed by atoms with Crippen molar-refractivity contribution in [3.8, 4) is 0 Å². The molecule has 6 heteroatoms. The van der Waals surface area contributed by atoms with Gasteiger partial charge in [-0.25, -0.2) is 9.97 Å². The minimum atomic E-state index is -0.538. The summed E-state index contributed by atoms with van der Waals surface area (Å²) in [4.78, 5) is 32.9. The molecule has 0 radical (unpaired) electrons. The second kappa shape index (κ2) is 9.52. The third-order valence-electron chi connectivity index (χ3n) is 3.71. The number of aryl methyl sites for hydroxylation is 1. The van der Waals surface area contributed by atoms with Gasteiger partial charge in [0.25, 0.3) is 0 Å². The monoisotopic (exact) mass is 340 g/mol. The van der Waals surface area contributed by atoms with Crippen LogP contribution in [0.15, 0.2) is 42.6 Å². The van der Waals surface area contributed by atoms with Crippen molar-refractivity contribution in [1.29, 1.82) is 0 Å². The zero-order valence-electron chi connectivity index (χ0n) is 14.7. The van der Waals surface area contributed by atoms with Crippen molar-refractivity contribution < 1.29 is 9.59 Å². The smallest absolute Gasteiger partial charge is 0.242 e. The molecule has 6 nitrogen and oxygen atoms in total. The number of rotatable bonds is 8. The van der Waals surface area contributed by atoms with Gasteiger partial charge in [-0.05, 0) is 25.0 Å². The van der Waals surface area contributed by atoms with Crippen LogP contribution < -0.4 is 10.6 Å². The predicted octanol–water partition coefficient (Wildman–Crippen LogP) is 1.93. The number of amides is 2. The van der Waals surface area contributed by atoms with Crippen LogP contribution in [0.2, 0.25) is 0 Å². The van der Waals surface area contributed by atoms with E-state index in [-0.39, 0.29) is 18.2 Å². The van der Waals surface area contributed by atoms with Crippen LogP contribution in [0.1, 0.15) is 36.8 Å². The second-order valence-corrected chi connectivity index (χ2v) is 5.88. The summed E-state index contributed by atoms with van der Waals surface area (Å²) in [5.74, 6) is 0.310. The number of nitrogens with one attached hydrogen (secondary N) is 2. The lowest BCUT2D eigenvalue weighted by molar-refractivity contribution is -0.129. The number of benzene rings is 1. The molecular formula is C19H24N4O2. The standard InChI is InChI=1S/C19H24N4O2/c1-3-7-17(23-18(24)12-15-8-5-4-6-9-15)19(25)21-13-16-10-11-20-14(2)22-16/h4-6,8-11,17H,3,7,12-13H2,1-2H3,(H,21,25)(H,23,24)/t17-/m1/s1. The molecule has 132 valence electrons. The Morgan fingerprint density at radius 3 is 2.60 bits per heavy atom. The first-order chi connectivity index (χ1) is 12.1. The van der Waals surface area contributed by atoms with Gasteiger partial charge in [-0.15, -0.1) is 0 Å². The molecule has 2 aromatic rings. The molecule has 2 rings (SSSR count). The zero-order valence-corrected chi connectivity index (χ0v) is 14.7. The van der Waals surface area contributed by atoms with Gasteiger partial charge in [0.05, 0.1) is 18.7 Å². The van der Waals surface area contributed by atoms with Crippen LogP contribution in [-0.2, 0) is 22.6 Å². The Morgan fingerprint density at radius 2 is 1.92 bits per heavy atom. The number of aromatic nitrogens is 2. The predicted molar refractivity (Wildman–Crippen MR) is 95.6 cm³/mol. The molecule has 0 saturated carbocycles. The first-order valence-corrected chi connectivity index (χ1v) is 8.48. The van der Waals surface area contributed by atoms with Gasteiger partial charge < -0.3 is 10.6 Å². The Morgan fingerprint density at radius 1 is 1.16 bits per heavy atom. The van der Waals surface area contributed by atoms with E-state index in [1.54, 1.807) is 19.2 Å². The van der Waals surface area contributed by atoms with Crippen LogP contribution in [0.4, 0.5) is 0 Å². The van der Waals surface area contributed by atoms with Crippen molar-refractivity contribution in [1.82, 2.24) is 20.6 Å². The third-order valence-corrected chi connectivity index (χ3v) is 3.71. The summed E-state index contributed by atoms with van der Waals surface area (Å²) in [5, 5.41) is 5.67. The number of carbonyl (C=O) groups excluding carboxylic acids is 2. The van der Waals surface area contributed by atoms with E-state index in [0.717, 1.165) is 17.7 Å². The quantitative estimate of drug-likeness (QED) is 0.769. The lowest BCUT2D eigenvalue weighted by Crippen LogP contribution is -2.47. The lowest BCUT2D eigenvalue weighted by Gasteiger charge is -2.18. The summed E-state index contributed by atoms with van der Waals surface area (Å²) in [6, 6.07) is 10.7. The fraction of sp³-hybridized carbons (Fsp3) is 0.368. The van der Waals surface area contributed by atoms with Gasteiger partial charge in [0.1, 0.15) is 11.9 Å². The summed E-state index contributed by atoms with van der Waals surface area (Å²) in [7, 11) is 0. The largest absolute Gasteiger partial charge is 0.349 e. The van der Waals surface area contributed by atoms with Crippen molar-refractivity contribution in [2.24, 2.45) is 0 Å². The van der Waals surface area contributed by atoms with Crippen LogP contribution in [-0.4, -0.2) is 27.8 Å². The number of carbonyl (C=O) groups is 2. The minimum Gasteiger partial charge on any atom is -0.349 e. The maximum Gasteiger partial charge on any atom is 0.242 e. The Hall–Kier alpha value is -2.76. The van der Waals surface area contributed by atoms with Crippen LogP contribution in [0, 0.1) is 6.92 Å². The van der Waals surface area contributed by atoms with Gasteiger partial charge in [-0.3, -0.25) is 9.59 Å². The minimum absolute atomic E-state index is 0.155. The topological polar surface area (TPSA) is 84.0 Å². The van der Waals surface area contributed by atoms with Crippen molar-refractivity contribution in [2.45, 2.75) is 45.7 Å². The summed E-state index contributed by atoms with van der Waals surface area (Å²) in [5.41, 5.74) is 1.67. The van der Waals surface area contributed by atoms with E-state index in [4.69, 9.17) is 0 Å². The van der Waals surface area contributed by atoms with E-state index in [1.807, 2.05) is 37.3 Å². The average Bonchev–Trinajstić information content (AvgIpc) is 2.60. The summed E-state index contributed by atoms with van der Waals surface area (Å²) < 4.78 is 0. The highest BCUT2D eigenvalue weighted by Gasteiger charge is 2.19. The average molecular weight is 340 g/mol. The van der Waals surface area contributed by atoms with Gasteiger partial charge in [0.2, 0.25) is 11.8 Å². The first-order valence-electron chi connectivity index (χ1n) is 8.48. The summed E-state index contributed by atoms with van der Waals surface area (Å²) in [6.45, 7) is 4.10. The molecule has 1 atom stereocenters. The Kier molecular flexibility index (Phi) is 7.07. The molecule has 25 heavy (non-hydrogen) atoms. The van der Waals surface area contributed by atoms with Crippen molar-refractivity contribution in [3.05, 3.63) is 59.7 Å². The van der Waals surface area contributed by atoms with Gasteiger partial charge in [-0.2, -0.15) is 0 Å². The normalized spacial score (nSPS) is 11.6. The maximum absolute atomic E-state index is 12.4. The van der Waals surface area contributed by atoms with Gasteiger partial charge in [0, 0.05) is 6.20 Å². The molecule has 2 amide bonds. The molecule has 0 fully saturated rings. The van der Waals surface area contributed by atoms with Crippen molar-refractivity contribution in [2.75, 3.05) is 0 Å². The van der Waals surface area contributed by atoms with E-state index in [9.17, 15) is 9.59 Å². The van der Waals surface area contributed by atoms with Crippen molar-refractivity contribution in [3.63, 3.8) is 0 Å². The maximum atomic E-state index is 12.4. The number of hydrogen-bond acceptors (Lipinski definition) is 4. The SMILES string of the molecule is CCC[C@@H](NC(=O)Cc1ccccc1)C(=O)NCc1ccnc(C)n1. The molecule has 0 aliphatic heterocycles. The summed E-state index contributed by atoms with van der Waals surface area (Å²) >= 11 is 0. The Bertz CT molecular complexity index is 704. The molecule has 1 aromatic carbocycles. The fourth-order valence-electron chi connectivity index (χ4n) is 2.49. The fourth-order valence-corrected chi connectivity index (χ4v) is 2.49. The molecule has 0 aliphatic carbocycles. The molecule has 0 unspecified atom stereocenters. The molecule has 1 heterocycles. The van der Waals surface area contributed by atoms with E-state index in [1.165, 1.54) is 0 Å². The first kappa shape index (κ1) is 18.6. The Balaban J connectivity index is 1.89. The van der Waals surface area contributed by atoms with Crippen LogP contribution >= 0.6 is 0 Å². The van der Waals surface area contributed by atoms with E-state index in [2.05, 4.69) is 20.6 Å². The highest BCUT2D eigenvalue weighted by Crippen LogP contribution is 2.03.